The van der Waals surface area contributed by atoms with Crippen molar-refractivity contribution in [1.29, 1.82) is 0 Å². The van der Waals surface area contributed by atoms with Crippen LogP contribution in [0.5, 0.6) is 0 Å². The van der Waals surface area contributed by atoms with E-state index in [0.29, 0.717) is 26.2 Å². The van der Waals surface area contributed by atoms with Crippen LogP contribution in [0, 0.1) is 0 Å². The highest BCUT2D eigenvalue weighted by Gasteiger charge is 2.08. The van der Waals surface area contributed by atoms with Gasteiger partial charge in [-0.3, -0.25) is 4.79 Å². The molecule has 0 rings (SSSR count). The molecule has 1 amide bonds. The molecule has 0 radical (unpaired) electrons. The Balaban J connectivity index is 3.26. The van der Waals surface area contributed by atoms with Crippen molar-refractivity contribution in [3.05, 3.63) is 0 Å². The molecule has 0 bridgehead atoms. The van der Waals surface area contributed by atoms with E-state index in [0.717, 1.165) is 0 Å². The minimum absolute atomic E-state index is 0.0308. The molecule has 0 unspecified atom stereocenters. The SMILES string of the molecule is CCNC(=O)CNCCOC(C)(C)C. The number of rotatable bonds is 6. The first-order valence-corrected chi connectivity index (χ1v) is 5.07. The molecule has 0 saturated heterocycles. The van der Waals surface area contributed by atoms with Gasteiger partial charge >= 0.3 is 0 Å². The van der Waals surface area contributed by atoms with Gasteiger partial charge in [0.25, 0.3) is 0 Å². The Hall–Kier alpha value is -0.610. The van der Waals surface area contributed by atoms with Crippen molar-refractivity contribution in [3.8, 4) is 0 Å². The molecule has 0 aromatic rings. The van der Waals surface area contributed by atoms with E-state index < -0.39 is 0 Å². The summed E-state index contributed by atoms with van der Waals surface area (Å²) in [6.45, 7) is 10.3. The van der Waals surface area contributed by atoms with Crippen LogP contribution < -0.4 is 10.6 Å². The molecule has 0 saturated carbocycles. The standard InChI is InChI=1S/C10H22N2O2/c1-5-12-9(13)8-11-6-7-14-10(2,3)4/h11H,5-8H2,1-4H3,(H,12,13). The van der Waals surface area contributed by atoms with E-state index >= 15 is 0 Å². The normalized spacial score (nSPS) is 11.4. The fraction of sp³-hybridized carbons (Fsp3) is 0.900. The Morgan fingerprint density at radius 2 is 2.00 bits per heavy atom. The summed E-state index contributed by atoms with van der Waals surface area (Å²) in [6.07, 6.45) is 0. The molecule has 0 heterocycles. The van der Waals surface area contributed by atoms with Crippen LogP contribution in [0.3, 0.4) is 0 Å². The molecule has 14 heavy (non-hydrogen) atoms. The zero-order chi connectivity index (χ0) is 11.0. The van der Waals surface area contributed by atoms with E-state index in [4.69, 9.17) is 4.74 Å². The molecule has 0 aromatic carbocycles. The van der Waals surface area contributed by atoms with Gasteiger partial charge in [-0.25, -0.2) is 0 Å². The first-order valence-electron chi connectivity index (χ1n) is 5.07. The van der Waals surface area contributed by atoms with Crippen molar-refractivity contribution in [2.45, 2.75) is 33.3 Å². The van der Waals surface area contributed by atoms with Crippen LogP contribution in [0.15, 0.2) is 0 Å². The van der Waals surface area contributed by atoms with Gasteiger partial charge in [-0.2, -0.15) is 0 Å². The van der Waals surface area contributed by atoms with Crippen LogP contribution in [0.2, 0.25) is 0 Å². The highest BCUT2D eigenvalue weighted by atomic mass is 16.5. The first-order chi connectivity index (χ1) is 6.45. The van der Waals surface area contributed by atoms with Crippen LogP contribution in [-0.4, -0.2) is 37.7 Å². The van der Waals surface area contributed by atoms with Crippen molar-refractivity contribution in [3.63, 3.8) is 0 Å². The molecule has 0 fully saturated rings. The minimum atomic E-state index is -0.104. The Kier molecular flexibility index (Phi) is 6.49. The van der Waals surface area contributed by atoms with Gasteiger partial charge in [-0.1, -0.05) is 0 Å². The number of amides is 1. The molecule has 4 nitrogen and oxygen atoms in total. The average Bonchev–Trinajstić information content (AvgIpc) is 2.02. The van der Waals surface area contributed by atoms with Crippen LogP contribution in [-0.2, 0) is 9.53 Å². The van der Waals surface area contributed by atoms with Crippen LogP contribution in [0.1, 0.15) is 27.7 Å². The molecule has 0 aliphatic carbocycles. The lowest BCUT2D eigenvalue weighted by atomic mass is 10.2. The zero-order valence-electron chi connectivity index (χ0n) is 9.64. The van der Waals surface area contributed by atoms with E-state index in [1.807, 2.05) is 27.7 Å². The lowest BCUT2D eigenvalue weighted by molar-refractivity contribution is -0.120. The summed E-state index contributed by atoms with van der Waals surface area (Å²) in [5, 5.41) is 5.72. The maximum atomic E-state index is 11.0. The van der Waals surface area contributed by atoms with Gasteiger partial charge in [-0.15, -0.1) is 0 Å². The Labute approximate surface area is 86.4 Å². The summed E-state index contributed by atoms with van der Waals surface area (Å²) in [4.78, 5) is 11.0. The molecule has 0 aromatic heterocycles. The highest BCUT2D eigenvalue weighted by molar-refractivity contribution is 5.77. The summed E-state index contributed by atoms with van der Waals surface area (Å²) in [5.41, 5.74) is -0.104. The van der Waals surface area contributed by atoms with Gasteiger partial charge in [0.2, 0.25) is 5.91 Å². The Bertz CT molecular complexity index is 164. The van der Waals surface area contributed by atoms with Crippen LogP contribution >= 0.6 is 0 Å². The predicted octanol–water partition coefficient (Wildman–Crippen LogP) is 0.527. The Morgan fingerprint density at radius 1 is 1.36 bits per heavy atom. The topological polar surface area (TPSA) is 50.4 Å². The molecule has 0 aliphatic heterocycles. The van der Waals surface area contributed by atoms with Gasteiger partial charge in [0, 0.05) is 13.1 Å². The molecular formula is C10H22N2O2. The fourth-order valence-corrected chi connectivity index (χ4v) is 0.891. The lowest BCUT2D eigenvalue weighted by Crippen LogP contribution is -2.36. The quantitative estimate of drug-likeness (QED) is 0.618. The lowest BCUT2D eigenvalue weighted by Gasteiger charge is -2.19. The van der Waals surface area contributed by atoms with E-state index in [9.17, 15) is 4.79 Å². The van der Waals surface area contributed by atoms with Crippen molar-refractivity contribution < 1.29 is 9.53 Å². The monoisotopic (exact) mass is 202 g/mol. The molecule has 0 aliphatic rings. The minimum Gasteiger partial charge on any atom is -0.375 e. The van der Waals surface area contributed by atoms with E-state index in [1.54, 1.807) is 0 Å². The summed E-state index contributed by atoms with van der Waals surface area (Å²) in [5.74, 6) is 0.0308. The number of hydrogen-bond donors (Lipinski definition) is 2. The number of carbonyl (C=O) groups is 1. The summed E-state index contributed by atoms with van der Waals surface area (Å²) < 4.78 is 5.48. The summed E-state index contributed by atoms with van der Waals surface area (Å²) >= 11 is 0. The van der Waals surface area contributed by atoms with Crippen molar-refractivity contribution >= 4 is 5.91 Å². The van der Waals surface area contributed by atoms with Crippen molar-refractivity contribution in [1.82, 2.24) is 10.6 Å². The third kappa shape index (κ3) is 9.48. The van der Waals surface area contributed by atoms with E-state index in [1.165, 1.54) is 0 Å². The van der Waals surface area contributed by atoms with Crippen molar-refractivity contribution in [2.75, 3.05) is 26.2 Å². The second-order valence-corrected chi connectivity index (χ2v) is 4.09. The van der Waals surface area contributed by atoms with Gasteiger partial charge in [-0.05, 0) is 27.7 Å². The van der Waals surface area contributed by atoms with Gasteiger partial charge < -0.3 is 15.4 Å². The third-order valence-electron chi connectivity index (χ3n) is 1.47. The summed E-state index contributed by atoms with van der Waals surface area (Å²) in [6, 6.07) is 0. The second-order valence-electron chi connectivity index (χ2n) is 4.09. The molecule has 84 valence electrons. The second kappa shape index (κ2) is 6.79. The first kappa shape index (κ1) is 13.4. The number of hydrogen-bond acceptors (Lipinski definition) is 3. The largest absolute Gasteiger partial charge is 0.375 e. The van der Waals surface area contributed by atoms with Crippen molar-refractivity contribution in [2.24, 2.45) is 0 Å². The van der Waals surface area contributed by atoms with Crippen LogP contribution in [0.4, 0.5) is 0 Å². The molecule has 0 atom stereocenters. The van der Waals surface area contributed by atoms with Gasteiger partial charge in [0.15, 0.2) is 0 Å². The number of likely N-dealkylation sites (N-methyl/N-ethyl adjacent to an activating group) is 1. The highest BCUT2D eigenvalue weighted by Crippen LogP contribution is 2.04. The van der Waals surface area contributed by atoms with E-state index in [-0.39, 0.29) is 11.5 Å². The van der Waals surface area contributed by atoms with E-state index in [2.05, 4.69) is 10.6 Å². The summed E-state index contributed by atoms with van der Waals surface area (Å²) in [7, 11) is 0. The fourth-order valence-electron chi connectivity index (χ4n) is 0.891. The number of nitrogens with one attached hydrogen (secondary N) is 2. The third-order valence-corrected chi connectivity index (χ3v) is 1.47. The number of carbonyl (C=O) groups excluding carboxylic acids is 1. The average molecular weight is 202 g/mol. The van der Waals surface area contributed by atoms with Gasteiger partial charge in [0.05, 0.1) is 18.8 Å². The maximum Gasteiger partial charge on any atom is 0.233 e. The maximum absolute atomic E-state index is 11.0. The molecule has 0 spiro atoms. The van der Waals surface area contributed by atoms with Gasteiger partial charge in [0.1, 0.15) is 0 Å². The Morgan fingerprint density at radius 3 is 2.50 bits per heavy atom. The molecule has 4 heteroatoms. The number of ether oxygens (including phenoxy) is 1. The van der Waals surface area contributed by atoms with Crippen LogP contribution in [0.25, 0.3) is 0 Å². The molecule has 2 N–H and O–H groups in total. The smallest absolute Gasteiger partial charge is 0.233 e. The predicted molar refractivity (Wildman–Crippen MR) is 57.3 cm³/mol. The molecular weight excluding hydrogens is 180 g/mol. The zero-order valence-corrected chi connectivity index (χ0v) is 9.64.